The van der Waals surface area contributed by atoms with Crippen molar-refractivity contribution in [2.75, 3.05) is 20.8 Å². The van der Waals surface area contributed by atoms with E-state index >= 15 is 0 Å². The fraction of sp³-hybridized carbons (Fsp3) is 0.600. The third-order valence-corrected chi connectivity index (χ3v) is 5.80. The average molecular weight is 382 g/mol. The Hall–Kier alpha value is -1.59. The molecule has 1 saturated carbocycles. The van der Waals surface area contributed by atoms with E-state index in [4.69, 9.17) is 9.47 Å². The average Bonchev–Trinajstić information content (AvgIpc) is 2.66. The van der Waals surface area contributed by atoms with Crippen molar-refractivity contribution in [1.82, 2.24) is 5.32 Å². The van der Waals surface area contributed by atoms with Gasteiger partial charge in [0.1, 0.15) is 6.04 Å². The van der Waals surface area contributed by atoms with Crippen molar-refractivity contribution in [2.45, 2.75) is 38.1 Å². The van der Waals surface area contributed by atoms with Crippen LogP contribution < -0.4 is 5.32 Å². The zero-order chi connectivity index (χ0) is 17.8. The summed E-state index contributed by atoms with van der Waals surface area (Å²) in [6.07, 6.45) is 5.52. The van der Waals surface area contributed by atoms with Gasteiger partial charge in [-0.05, 0) is 74.1 Å². The van der Waals surface area contributed by atoms with Crippen molar-refractivity contribution in [3.63, 3.8) is 0 Å². The number of carbonyl (C=O) groups is 2. The van der Waals surface area contributed by atoms with E-state index in [1.54, 1.807) is 0 Å². The van der Waals surface area contributed by atoms with Crippen molar-refractivity contribution in [1.29, 1.82) is 0 Å². The summed E-state index contributed by atoms with van der Waals surface area (Å²) in [7, 11) is 2.85. The molecule has 1 aromatic carbocycles. The van der Waals surface area contributed by atoms with Crippen LogP contribution in [0.25, 0.3) is 0 Å². The predicted molar refractivity (Wildman–Crippen MR) is 101 cm³/mol. The number of hydrogen-bond acceptors (Lipinski definition) is 5. The molecule has 1 aromatic rings. The van der Waals surface area contributed by atoms with Crippen LogP contribution in [0.1, 0.15) is 41.6 Å². The Morgan fingerprint density at radius 1 is 1.04 bits per heavy atom. The molecule has 1 aliphatic heterocycles. The molecule has 0 spiro atoms. The van der Waals surface area contributed by atoms with Gasteiger partial charge in [0.25, 0.3) is 0 Å². The molecule has 2 aliphatic rings. The summed E-state index contributed by atoms with van der Waals surface area (Å²) in [6, 6.07) is 7.58. The van der Waals surface area contributed by atoms with E-state index in [1.165, 1.54) is 39.0 Å². The Balaban J connectivity index is 0.00000243. The fourth-order valence-corrected chi connectivity index (χ4v) is 4.40. The van der Waals surface area contributed by atoms with Crippen LogP contribution >= 0.6 is 12.4 Å². The van der Waals surface area contributed by atoms with E-state index in [0.717, 1.165) is 19.4 Å². The minimum Gasteiger partial charge on any atom is -0.468 e. The number of fused-ring (bicyclic) bond motifs is 1. The molecule has 4 atom stereocenters. The molecule has 1 saturated heterocycles. The molecule has 0 aromatic heterocycles. The van der Waals surface area contributed by atoms with Crippen LogP contribution in [0, 0.1) is 17.8 Å². The number of carbonyl (C=O) groups excluding carboxylic acids is 2. The number of nitrogens with one attached hydrogen (secondary N) is 1. The Morgan fingerprint density at radius 2 is 1.77 bits per heavy atom. The van der Waals surface area contributed by atoms with E-state index in [0.29, 0.717) is 23.3 Å². The van der Waals surface area contributed by atoms with Crippen LogP contribution in [0.4, 0.5) is 0 Å². The molecule has 5 nitrogen and oxygen atoms in total. The van der Waals surface area contributed by atoms with Gasteiger partial charge in [0.2, 0.25) is 0 Å². The van der Waals surface area contributed by atoms with Crippen LogP contribution in [-0.2, 0) is 20.7 Å². The first kappa shape index (κ1) is 20.7. The highest BCUT2D eigenvalue weighted by Crippen LogP contribution is 2.39. The van der Waals surface area contributed by atoms with Gasteiger partial charge in [-0.1, -0.05) is 12.1 Å². The number of rotatable bonds is 4. The summed E-state index contributed by atoms with van der Waals surface area (Å²) in [5, 5.41) is 3.34. The number of piperidine rings is 1. The fourth-order valence-electron chi connectivity index (χ4n) is 4.40. The number of halogens is 1. The SMILES string of the molecule is COC(=O)c1ccc(C[C@H]2CCC3CN[C@H](C(=O)OC)CC3C2)cc1.Cl. The second-order valence-electron chi connectivity index (χ2n) is 7.31. The summed E-state index contributed by atoms with van der Waals surface area (Å²) in [5.41, 5.74) is 1.85. The molecular formula is C20H28ClNO4. The maximum Gasteiger partial charge on any atom is 0.337 e. The van der Waals surface area contributed by atoms with Crippen molar-refractivity contribution in [3.05, 3.63) is 35.4 Å². The lowest BCUT2D eigenvalue weighted by atomic mass is 9.68. The van der Waals surface area contributed by atoms with Crippen molar-refractivity contribution in [3.8, 4) is 0 Å². The molecule has 2 unspecified atom stereocenters. The maximum absolute atomic E-state index is 11.8. The molecule has 3 rings (SSSR count). The molecule has 0 radical (unpaired) electrons. The van der Waals surface area contributed by atoms with Gasteiger partial charge in [0.05, 0.1) is 19.8 Å². The summed E-state index contributed by atoms with van der Waals surface area (Å²) in [5.74, 6) is 1.48. The zero-order valence-electron chi connectivity index (χ0n) is 15.4. The second-order valence-corrected chi connectivity index (χ2v) is 7.31. The first-order valence-electron chi connectivity index (χ1n) is 9.09. The summed E-state index contributed by atoms with van der Waals surface area (Å²) >= 11 is 0. The molecule has 0 bridgehead atoms. The van der Waals surface area contributed by atoms with E-state index < -0.39 is 0 Å². The van der Waals surface area contributed by atoms with Gasteiger partial charge in [-0.3, -0.25) is 4.79 Å². The number of ether oxygens (including phenoxy) is 2. The van der Waals surface area contributed by atoms with Crippen LogP contribution in [0.2, 0.25) is 0 Å². The van der Waals surface area contributed by atoms with E-state index in [-0.39, 0.29) is 30.4 Å². The standard InChI is InChI=1S/C20H27NO4.ClH/c1-24-19(22)15-6-3-13(4-7-15)9-14-5-8-16-12-21-18(20(23)25-2)11-17(16)10-14;/h3-4,6-7,14,16-18,21H,5,8-12H2,1-2H3;1H/t14-,16?,17?,18+;/m1./s1. The highest BCUT2D eigenvalue weighted by Gasteiger charge is 2.37. The summed E-state index contributed by atoms with van der Waals surface area (Å²) in [6.45, 7) is 0.922. The molecule has 1 N–H and O–H groups in total. The first-order valence-corrected chi connectivity index (χ1v) is 9.09. The number of methoxy groups -OCH3 is 2. The number of hydrogen-bond donors (Lipinski definition) is 1. The van der Waals surface area contributed by atoms with E-state index in [9.17, 15) is 9.59 Å². The van der Waals surface area contributed by atoms with Crippen molar-refractivity contribution in [2.24, 2.45) is 17.8 Å². The quantitative estimate of drug-likeness (QED) is 0.812. The lowest BCUT2D eigenvalue weighted by molar-refractivity contribution is -0.144. The highest BCUT2D eigenvalue weighted by molar-refractivity contribution is 5.89. The smallest absolute Gasteiger partial charge is 0.337 e. The van der Waals surface area contributed by atoms with Crippen LogP contribution in [-0.4, -0.2) is 38.7 Å². The van der Waals surface area contributed by atoms with Gasteiger partial charge in [0.15, 0.2) is 0 Å². The normalized spacial score (nSPS) is 27.6. The van der Waals surface area contributed by atoms with E-state index in [2.05, 4.69) is 5.32 Å². The minimum atomic E-state index is -0.296. The van der Waals surface area contributed by atoms with Gasteiger partial charge in [-0.2, -0.15) is 0 Å². The summed E-state index contributed by atoms with van der Waals surface area (Å²) in [4.78, 5) is 23.3. The Morgan fingerprint density at radius 3 is 2.42 bits per heavy atom. The third-order valence-electron chi connectivity index (χ3n) is 5.80. The minimum absolute atomic E-state index is 0. The van der Waals surface area contributed by atoms with Crippen molar-refractivity contribution < 1.29 is 19.1 Å². The largest absolute Gasteiger partial charge is 0.468 e. The molecule has 0 amide bonds. The number of benzene rings is 1. The molecule has 26 heavy (non-hydrogen) atoms. The molecule has 1 heterocycles. The molecule has 2 fully saturated rings. The monoisotopic (exact) mass is 381 g/mol. The predicted octanol–water partition coefficient (Wildman–Crippen LogP) is 3.00. The molecule has 6 heteroatoms. The van der Waals surface area contributed by atoms with Crippen molar-refractivity contribution >= 4 is 24.3 Å². The molecule has 1 aliphatic carbocycles. The first-order chi connectivity index (χ1) is 12.1. The van der Waals surface area contributed by atoms with Crippen LogP contribution in [0.15, 0.2) is 24.3 Å². The third kappa shape index (κ3) is 4.77. The van der Waals surface area contributed by atoms with Gasteiger partial charge in [-0.15, -0.1) is 12.4 Å². The van der Waals surface area contributed by atoms with Gasteiger partial charge in [-0.25, -0.2) is 4.79 Å². The molecular weight excluding hydrogens is 354 g/mol. The van der Waals surface area contributed by atoms with Gasteiger partial charge >= 0.3 is 11.9 Å². The molecule has 144 valence electrons. The summed E-state index contributed by atoms with van der Waals surface area (Å²) < 4.78 is 9.63. The number of esters is 2. The zero-order valence-corrected chi connectivity index (χ0v) is 16.2. The lowest BCUT2D eigenvalue weighted by Gasteiger charge is -2.42. The van der Waals surface area contributed by atoms with E-state index in [1.807, 2.05) is 24.3 Å². The van der Waals surface area contributed by atoms with Crippen LogP contribution in [0.3, 0.4) is 0 Å². The van der Waals surface area contributed by atoms with Crippen LogP contribution in [0.5, 0.6) is 0 Å². The lowest BCUT2D eigenvalue weighted by Crippen LogP contribution is -2.50. The van der Waals surface area contributed by atoms with Gasteiger partial charge < -0.3 is 14.8 Å². The Bertz CT molecular complexity index is 619. The maximum atomic E-state index is 11.8. The highest BCUT2D eigenvalue weighted by atomic mass is 35.5. The Kier molecular flexibility index (Phi) is 7.47. The van der Waals surface area contributed by atoms with Gasteiger partial charge in [0, 0.05) is 0 Å². The Labute approximate surface area is 161 Å². The second kappa shape index (κ2) is 9.38. The topological polar surface area (TPSA) is 64.6 Å².